The number of rotatable bonds is 8. The van der Waals surface area contributed by atoms with Crippen LogP contribution in [0.5, 0.6) is 5.75 Å². The minimum atomic E-state index is 0.189. The van der Waals surface area contributed by atoms with E-state index in [0.29, 0.717) is 12.5 Å². The molecule has 0 saturated carbocycles. The zero-order valence-corrected chi connectivity index (χ0v) is 18.5. The van der Waals surface area contributed by atoms with Crippen LogP contribution >= 0.6 is 11.9 Å². The van der Waals surface area contributed by atoms with Crippen molar-refractivity contribution in [2.45, 2.75) is 36.2 Å². The fraction of sp³-hybridized carbons (Fsp3) is 0.375. The lowest BCUT2D eigenvalue weighted by atomic mass is 9.76. The molecule has 2 aromatic carbocycles. The molecular formula is C24H30N4OS. The molecule has 0 saturated heterocycles. The van der Waals surface area contributed by atoms with Gasteiger partial charge < -0.3 is 15.0 Å². The number of benzene rings is 2. The maximum Gasteiger partial charge on any atom is 0.129 e. The number of imidazole rings is 1. The highest BCUT2D eigenvalue weighted by Gasteiger charge is 2.27. The SMILES string of the molecule is CN(CCOc1ccc2c(c1)C(Cc1ccccc1)C(N)CC2)Sc1cn(C)cn1. The van der Waals surface area contributed by atoms with Crippen molar-refractivity contribution in [1.82, 2.24) is 13.9 Å². The first kappa shape index (κ1) is 21.0. The molecule has 0 bridgehead atoms. The first-order valence-electron chi connectivity index (χ1n) is 10.5. The van der Waals surface area contributed by atoms with Crippen LogP contribution in [0, 0.1) is 0 Å². The minimum absolute atomic E-state index is 0.189. The summed E-state index contributed by atoms with van der Waals surface area (Å²) in [5, 5.41) is 0.992. The van der Waals surface area contributed by atoms with Crippen molar-refractivity contribution >= 4 is 11.9 Å². The molecule has 5 nitrogen and oxygen atoms in total. The van der Waals surface area contributed by atoms with E-state index in [2.05, 4.69) is 64.9 Å². The van der Waals surface area contributed by atoms with E-state index in [4.69, 9.17) is 10.5 Å². The second kappa shape index (κ2) is 9.69. The van der Waals surface area contributed by atoms with Gasteiger partial charge in [-0.05, 0) is 67.1 Å². The number of aryl methyl sites for hydroxylation is 2. The summed E-state index contributed by atoms with van der Waals surface area (Å²) in [4.78, 5) is 4.35. The number of hydrogen-bond acceptors (Lipinski definition) is 5. The third kappa shape index (κ3) is 5.25. The van der Waals surface area contributed by atoms with E-state index in [1.807, 2.05) is 24.1 Å². The Hall–Kier alpha value is -2.28. The summed E-state index contributed by atoms with van der Waals surface area (Å²) in [6.07, 6.45) is 6.89. The third-order valence-electron chi connectivity index (χ3n) is 5.68. The van der Waals surface area contributed by atoms with Crippen LogP contribution in [0.1, 0.15) is 29.0 Å². The molecule has 158 valence electrons. The Bertz CT molecular complexity index is 959. The smallest absolute Gasteiger partial charge is 0.129 e. The van der Waals surface area contributed by atoms with Crippen molar-refractivity contribution in [2.75, 3.05) is 20.2 Å². The van der Waals surface area contributed by atoms with Crippen LogP contribution in [0.4, 0.5) is 0 Å². The fourth-order valence-corrected chi connectivity index (χ4v) is 4.85. The lowest BCUT2D eigenvalue weighted by Gasteiger charge is -2.32. The quantitative estimate of drug-likeness (QED) is 0.555. The zero-order chi connectivity index (χ0) is 20.9. The summed E-state index contributed by atoms with van der Waals surface area (Å²) in [6, 6.07) is 17.4. The molecule has 1 heterocycles. The van der Waals surface area contributed by atoms with Gasteiger partial charge in [0.15, 0.2) is 0 Å². The van der Waals surface area contributed by atoms with Crippen molar-refractivity contribution in [1.29, 1.82) is 0 Å². The number of hydrogen-bond donors (Lipinski definition) is 1. The van der Waals surface area contributed by atoms with E-state index >= 15 is 0 Å². The fourth-order valence-electron chi connectivity index (χ4n) is 4.05. The van der Waals surface area contributed by atoms with E-state index in [9.17, 15) is 0 Å². The van der Waals surface area contributed by atoms with Gasteiger partial charge in [0.2, 0.25) is 0 Å². The van der Waals surface area contributed by atoms with Crippen molar-refractivity contribution in [3.05, 3.63) is 77.7 Å². The summed E-state index contributed by atoms with van der Waals surface area (Å²) < 4.78 is 10.2. The normalized spacial score (nSPS) is 18.4. The minimum Gasteiger partial charge on any atom is -0.492 e. The maximum absolute atomic E-state index is 6.55. The summed E-state index contributed by atoms with van der Waals surface area (Å²) in [5.74, 6) is 1.26. The molecule has 4 rings (SSSR count). The highest BCUT2D eigenvalue weighted by atomic mass is 32.2. The van der Waals surface area contributed by atoms with E-state index < -0.39 is 0 Å². The van der Waals surface area contributed by atoms with Gasteiger partial charge in [0.1, 0.15) is 17.4 Å². The van der Waals surface area contributed by atoms with Gasteiger partial charge in [0.05, 0.1) is 6.33 Å². The molecule has 2 atom stereocenters. The lowest BCUT2D eigenvalue weighted by Crippen LogP contribution is -2.34. The highest BCUT2D eigenvalue weighted by molar-refractivity contribution is 7.96. The zero-order valence-electron chi connectivity index (χ0n) is 17.7. The van der Waals surface area contributed by atoms with E-state index in [1.165, 1.54) is 16.7 Å². The monoisotopic (exact) mass is 422 g/mol. The first-order valence-corrected chi connectivity index (χ1v) is 11.3. The average Bonchev–Trinajstić information content (AvgIpc) is 3.15. The molecule has 0 aliphatic heterocycles. The molecule has 1 aliphatic carbocycles. The number of nitrogens with two attached hydrogens (primary N) is 1. The number of aromatic nitrogens is 2. The van der Waals surface area contributed by atoms with Crippen LogP contribution in [-0.2, 0) is 19.9 Å². The topological polar surface area (TPSA) is 56.3 Å². The summed E-state index contributed by atoms with van der Waals surface area (Å²) in [7, 11) is 4.04. The lowest BCUT2D eigenvalue weighted by molar-refractivity contribution is 0.293. The largest absolute Gasteiger partial charge is 0.492 e. The molecule has 0 spiro atoms. The van der Waals surface area contributed by atoms with Gasteiger partial charge in [-0.1, -0.05) is 36.4 Å². The predicted octanol–water partition coefficient (Wildman–Crippen LogP) is 4.04. The number of likely N-dealkylation sites (N-methyl/N-ethyl adjacent to an activating group) is 1. The molecule has 2 unspecified atom stereocenters. The molecular weight excluding hydrogens is 392 g/mol. The number of ether oxygens (including phenoxy) is 1. The second-order valence-corrected chi connectivity index (χ2v) is 9.25. The van der Waals surface area contributed by atoms with Gasteiger partial charge in [-0.15, -0.1) is 0 Å². The molecule has 1 aliphatic rings. The molecule has 1 aromatic heterocycles. The molecule has 0 fully saturated rings. The Kier molecular flexibility index (Phi) is 6.77. The maximum atomic E-state index is 6.55. The van der Waals surface area contributed by atoms with Gasteiger partial charge in [0.25, 0.3) is 0 Å². The third-order valence-corrected chi connectivity index (χ3v) is 6.58. The van der Waals surface area contributed by atoms with Gasteiger partial charge in [-0.2, -0.15) is 0 Å². The van der Waals surface area contributed by atoms with Crippen LogP contribution in [0.15, 0.2) is 66.1 Å². The van der Waals surface area contributed by atoms with Crippen LogP contribution in [0.25, 0.3) is 0 Å². The van der Waals surface area contributed by atoms with Gasteiger partial charge in [0, 0.05) is 31.7 Å². The van der Waals surface area contributed by atoms with Gasteiger partial charge in [-0.3, -0.25) is 0 Å². The van der Waals surface area contributed by atoms with Crippen molar-refractivity contribution in [3.63, 3.8) is 0 Å². The second-order valence-electron chi connectivity index (χ2n) is 8.03. The number of nitrogens with zero attached hydrogens (tertiary/aromatic N) is 3. The summed E-state index contributed by atoms with van der Waals surface area (Å²) in [5.41, 5.74) is 10.7. The van der Waals surface area contributed by atoms with Crippen LogP contribution in [-0.4, -0.2) is 40.1 Å². The molecule has 0 radical (unpaired) electrons. The number of fused-ring (bicyclic) bond motifs is 1. The van der Waals surface area contributed by atoms with E-state index in [0.717, 1.165) is 36.6 Å². The van der Waals surface area contributed by atoms with Gasteiger partial charge in [-0.25, -0.2) is 9.29 Å². The molecule has 30 heavy (non-hydrogen) atoms. The first-order chi connectivity index (χ1) is 14.6. The molecule has 2 N–H and O–H groups in total. The Labute approximate surface area is 183 Å². The van der Waals surface area contributed by atoms with Crippen LogP contribution in [0.2, 0.25) is 0 Å². The van der Waals surface area contributed by atoms with E-state index in [-0.39, 0.29) is 6.04 Å². The summed E-state index contributed by atoms with van der Waals surface area (Å²) in [6.45, 7) is 1.44. The summed E-state index contributed by atoms with van der Waals surface area (Å²) >= 11 is 1.63. The van der Waals surface area contributed by atoms with Crippen LogP contribution < -0.4 is 10.5 Å². The Balaban J connectivity index is 1.38. The standard InChI is InChI=1S/C24H30N4OS/c1-27-16-24(26-17-27)30-28(2)12-13-29-20-10-8-19-9-11-23(25)22(21(19)15-20)14-18-6-4-3-5-7-18/h3-8,10,15-17,22-23H,9,11-14,25H2,1-2H3. The highest BCUT2D eigenvalue weighted by Crippen LogP contribution is 2.35. The van der Waals surface area contributed by atoms with E-state index in [1.54, 1.807) is 11.9 Å². The van der Waals surface area contributed by atoms with Crippen molar-refractivity contribution in [2.24, 2.45) is 12.8 Å². The van der Waals surface area contributed by atoms with Crippen molar-refractivity contribution in [3.8, 4) is 5.75 Å². The van der Waals surface area contributed by atoms with Crippen LogP contribution in [0.3, 0.4) is 0 Å². The van der Waals surface area contributed by atoms with Crippen molar-refractivity contribution < 1.29 is 4.74 Å². The Morgan fingerprint density at radius 1 is 1.23 bits per heavy atom. The molecule has 0 amide bonds. The predicted molar refractivity (Wildman–Crippen MR) is 123 cm³/mol. The Morgan fingerprint density at radius 2 is 2.07 bits per heavy atom. The molecule has 3 aromatic rings. The average molecular weight is 423 g/mol. The molecule has 6 heteroatoms. The Morgan fingerprint density at radius 3 is 2.83 bits per heavy atom. The van der Waals surface area contributed by atoms with Gasteiger partial charge >= 0.3 is 0 Å².